The number of hydrogen-bond acceptors (Lipinski definition) is 8. The minimum atomic E-state index is -0.725. The van der Waals surface area contributed by atoms with Crippen molar-refractivity contribution in [3.8, 4) is 22.9 Å². The number of likely N-dealkylation sites (tertiary alicyclic amines) is 2. The lowest BCUT2D eigenvalue weighted by Gasteiger charge is -2.44. The molecule has 0 radical (unpaired) electrons. The highest BCUT2D eigenvalue weighted by atomic mass is 35.5. The molecule has 0 saturated carbocycles. The number of halogens is 2. The summed E-state index contributed by atoms with van der Waals surface area (Å²) in [4.78, 5) is 32.5. The number of ether oxygens (including phenoxy) is 1. The first-order chi connectivity index (χ1) is 20.7. The molecule has 3 fully saturated rings. The SMILES string of the molecule is CN1CCCC12CCCN(c1ncc(Oc3cc(CN4CCC(CC(=O)O)CC4)cc(-c4cc(Cl)cc(Cl)c4)n3)cn1)C2. The van der Waals surface area contributed by atoms with Gasteiger partial charge in [-0.05, 0) is 101 Å². The van der Waals surface area contributed by atoms with Crippen LogP contribution < -0.4 is 9.64 Å². The molecular weight excluding hydrogens is 587 g/mol. The van der Waals surface area contributed by atoms with E-state index in [1.54, 1.807) is 18.5 Å². The summed E-state index contributed by atoms with van der Waals surface area (Å²) >= 11 is 12.6. The summed E-state index contributed by atoms with van der Waals surface area (Å²) < 4.78 is 6.23. The van der Waals surface area contributed by atoms with Gasteiger partial charge in [0, 0.05) is 53.3 Å². The Morgan fingerprint density at radius 2 is 1.70 bits per heavy atom. The molecule has 3 aliphatic rings. The molecule has 1 aromatic carbocycles. The van der Waals surface area contributed by atoms with Crippen LogP contribution in [0.1, 0.15) is 50.5 Å². The van der Waals surface area contributed by atoms with E-state index in [4.69, 9.17) is 38.0 Å². The number of pyridine rings is 1. The van der Waals surface area contributed by atoms with E-state index in [0.29, 0.717) is 33.9 Å². The second-order valence-corrected chi connectivity index (χ2v) is 13.1. The molecule has 5 heterocycles. The standard InChI is InChI=1S/C32H38Cl2N6O3/c1-38-8-2-6-32(38)7-3-9-40(21-32)31-35-18-27(19-36-31)43-29-13-23(20-39-10-4-22(5-11-39)14-30(41)42)12-28(37-29)24-15-25(33)17-26(34)16-24/h12-13,15-19,22H,2-11,14,20-21H2,1H3,(H,41,42). The zero-order valence-corrected chi connectivity index (χ0v) is 26.0. The van der Waals surface area contributed by atoms with Gasteiger partial charge in [-0.3, -0.25) is 14.6 Å². The van der Waals surface area contributed by atoms with Crippen LogP contribution in [0.5, 0.6) is 11.6 Å². The number of anilines is 1. The molecule has 0 amide bonds. The molecule has 228 valence electrons. The maximum absolute atomic E-state index is 11.1. The van der Waals surface area contributed by atoms with Gasteiger partial charge in [-0.15, -0.1) is 0 Å². The Hall–Kier alpha value is -2.98. The van der Waals surface area contributed by atoms with Crippen LogP contribution in [0, 0.1) is 5.92 Å². The van der Waals surface area contributed by atoms with E-state index in [2.05, 4.69) is 31.7 Å². The lowest BCUT2D eigenvalue weighted by Crippen LogP contribution is -2.54. The summed E-state index contributed by atoms with van der Waals surface area (Å²) in [6.45, 7) is 5.45. The molecule has 3 saturated heterocycles. The van der Waals surface area contributed by atoms with Gasteiger partial charge in [-0.1, -0.05) is 23.2 Å². The molecule has 0 bridgehead atoms. The third-order valence-corrected chi connectivity index (χ3v) is 9.65. The number of hydrogen-bond donors (Lipinski definition) is 1. The van der Waals surface area contributed by atoms with Crippen molar-refractivity contribution < 1.29 is 14.6 Å². The number of rotatable bonds is 8. The number of carboxylic acids is 1. The Morgan fingerprint density at radius 1 is 1.00 bits per heavy atom. The fourth-order valence-corrected chi connectivity index (χ4v) is 7.45. The zero-order valence-electron chi connectivity index (χ0n) is 24.5. The van der Waals surface area contributed by atoms with Gasteiger partial charge >= 0.3 is 5.97 Å². The summed E-state index contributed by atoms with van der Waals surface area (Å²) in [5, 5.41) is 10.2. The van der Waals surface area contributed by atoms with Crippen molar-refractivity contribution in [1.82, 2.24) is 24.8 Å². The monoisotopic (exact) mass is 624 g/mol. The van der Waals surface area contributed by atoms with Gasteiger partial charge in [0.15, 0.2) is 5.75 Å². The van der Waals surface area contributed by atoms with E-state index in [9.17, 15) is 4.79 Å². The average molecular weight is 626 g/mol. The van der Waals surface area contributed by atoms with Crippen LogP contribution in [0.2, 0.25) is 10.0 Å². The molecule has 3 aromatic rings. The van der Waals surface area contributed by atoms with Crippen LogP contribution in [0.25, 0.3) is 11.3 Å². The van der Waals surface area contributed by atoms with E-state index < -0.39 is 5.97 Å². The number of carboxylic acid groups (broad SMARTS) is 1. The molecule has 3 aliphatic heterocycles. The number of aromatic nitrogens is 3. The quantitative estimate of drug-likeness (QED) is 0.306. The Labute approximate surface area is 262 Å². The van der Waals surface area contributed by atoms with Crippen LogP contribution in [0.3, 0.4) is 0 Å². The highest BCUT2D eigenvalue weighted by Gasteiger charge is 2.42. The molecule has 1 unspecified atom stereocenters. The first kappa shape index (κ1) is 30.1. The second-order valence-electron chi connectivity index (χ2n) is 12.3. The number of aliphatic carboxylic acids is 1. The smallest absolute Gasteiger partial charge is 0.303 e. The van der Waals surface area contributed by atoms with Gasteiger partial charge in [-0.25, -0.2) is 15.0 Å². The predicted octanol–water partition coefficient (Wildman–Crippen LogP) is 6.39. The Kier molecular flexibility index (Phi) is 9.05. The molecule has 1 N–H and O–H groups in total. The molecule has 0 aliphatic carbocycles. The predicted molar refractivity (Wildman–Crippen MR) is 168 cm³/mol. The largest absolute Gasteiger partial charge is 0.481 e. The van der Waals surface area contributed by atoms with Gasteiger partial charge in [0.1, 0.15) is 0 Å². The number of piperidine rings is 2. The van der Waals surface area contributed by atoms with Crippen LogP contribution in [-0.4, -0.2) is 81.1 Å². The fraction of sp³-hybridized carbons (Fsp3) is 0.500. The summed E-state index contributed by atoms with van der Waals surface area (Å²) in [5.41, 5.74) is 2.76. The van der Waals surface area contributed by atoms with E-state index in [0.717, 1.165) is 69.1 Å². The normalized spacial score (nSPS) is 21.9. The van der Waals surface area contributed by atoms with Gasteiger partial charge in [-0.2, -0.15) is 0 Å². The van der Waals surface area contributed by atoms with Crippen LogP contribution in [-0.2, 0) is 11.3 Å². The Morgan fingerprint density at radius 3 is 2.37 bits per heavy atom. The number of nitrogens with zero attached hydrogens (tertiary/aromatic N) is 6. The van der Waals surface area contributed by atoms with E-state index in [1.165, 1.54) is 19.3 Å². The first-order valence-electron chi connectivity index (χ1n) is 15.1. The molecule has 43 heavy (non-hydrogen) atoms. The highest BCUT2D eigenvalue weighted by molar-refractivity contribution is 6.35. The highest BCUT2D eigenvalue weighted by Crippen LogP contribution is 2.37. The first-order valence-corrected chi connectivity index (χ1v) is 15.9. The number of carbonyl (C=O) groups is 1. The molecule has 6 rings (SSSR count). The fourth-order valence-electron chi connectivity index (χ4n) is 6.92. The van der Waals surface area contributed by atoms with Crippen molar-refractivity contribution in [1.29, 1.82) is 0 Å². The van der Waals surface area contributed by atoms with E-state index >= 15 is 0 Å². The molecule has 1 atom stereocenters. The lowest BCUT2D eigenvalue weighted by molar-refractivity contribution is -0.138. The molecule has 1 spiro atoms. The average Bonchev–Trinajstić information content (AvgIpc) is 3.32. The van der Waals surface area contributed by atoms with E-state index in [1.807, 2.05) is 24.3 Å². The zero-order chi connectivity index (χ0) is 30.0. The van der Waals surface area contributed by atoms with Gasteiger partial charge in [0.25, 0.3) is 0 Å². The Balaban J connectivity index is 1.20. The van der Waals surface area contributed by atoms with Gasteiger partial charge in [0.05, 0.1) is 18.1 Å². The minimum Gasteiger partial charge on any atom is -0.481 e. The summed E-state index contributed by atoms with van der Waals surface area (Å²) in [5.74, 6) is 1.19. The second kappa shape index (κ2) is 12.9. The van der Waals surface area contributed by atoms with Crippen LogP contribution >= 0.6 is 23.2 Å². The Bertz CT molecular complexity index is 1430. The summed E-state index contributed by atoms with van der Waals surface area (Å²) in [7, 11) is 2.24. The van der Waals surface area contributed by atoms with Gasteiger partial charge < -0.3 is 14.7 Å². The topological polar surface area (TPSA) is 94.9 Å². The van der Waals surface area contributed by atoms with E-state index in [-0.39, 0.29) is 17.9 Å². The van der Waals surface area contributed by atoms with Crippen LogP contribution in [0.4, 0.5) is 5.95 Å². The summed E-state index contributed by atoms with van der Waals surface area (Å²) in [6, 6.07) is 9.35. The van der Waals surface area contributed by atoms with Crippen molar-refractivity contribution in [3.05, 3.63) is 58.3 Å². The third-order valence-electron chi connectivity index (χ3n) is 9.22. The minimum absolute atomic E-state index is 0.228. The molecular formula is C32H38Cl2N6O3. The van der Waals surface area contributed by atoms with Gasteiger partial charge in [0.2, 0.25) is 11.8 Å². The van der Waals surface area contributed by atoms with Crippen molar-refractivity contribution in [2.24, 2.45) is 5.92 Å². The van der Waals surface area contributed by atoms with Crippen molar-refractivity contribution in [2.45, 2.75) is 57.0 Å². The maximum atomic E-state index is 11.1. The van der Waals surface area contributed by atoms with Crippen molar-refractivity contribution >= 4 is 35.1 Å². The van der Waals surface area contributed by atoms with Crippen molar-refractivity contribution in [2.75, 3.05) is 44.7 Å². The summed E-state index contributed by atoms with van der Waals surface area (Å²) in [6.07, 6.45) is 10.3. The van der Waals surface area contributed by atoms with Crippen LogP contribution in [0.15, 0.2) is 42.7 Å². The number of benzene rings is 1. The maximum Gasteiger partial charge on any atom is 0.303 e. The molecule has 2 aromatic heterocycles. The molecule has 9 nitrogen and oxygen atoms in total. The number of likely N-dealkylation sites (N-methyl/N-ethyl adjacent to an activating group) is 1. The lowest BCUT2D eigenvalue weighted by atomic mass is 9.87. The third kappa shape index (κ3) is 7.23. The molecule has 11 heteroatoms. The van der Waals surface area contributed by atoms with Crippen molar-refractivity contribution in [3.63, 3.8) is 0 Å².